The molecule has 0 aliphatic heterocycles. The van der Waals surface area contributed by atoms with Gasteiger partial charge in [0.25, 0.3) is 0 Å². The van der Waals surface area contributed by atoms with Crippen molar-refractivity contribution in [1.82, 2.24) is 0 Å². The zero-order valence-corrected chi connectivity index (χ0v) is 18.4. The van der Waals surface area contributed by atoms with E-state index < -0.39 is 11.4 Å². The molecule has 160 valence electrons. The summed E-state index contributed by atoms with van der Waals surface area (Å²) >= 11 is 0. The van der Waals surface area contributed by atoms with Crippen molar-refractivity contribution in [1.29, 1.82) is 0 Å². The van der Waals surface area contributed by atoms with Gasteiger partial charge in [-0.15, -0.1) is 0 Å². The van der Waals surface area contributed by atoms with Crippen molar-refractivity contribution in [2.45, 2.75) is 53.1 Å². The Bertz CT molecular complexity index is 959. The average molecular weight is 412 g/mol. The van der Waals surface area contributed by atoms with Gasteiger partial charge >= 0.3 is 0 Å². The van der Waals surface area contributed by atoms with E-state index in [2.05, 4.69) is 11.6 Å². The van der Waals surface area contributed by atoms with Gasteiger partial charge in [0.2, 0.25) is 0 Å². The minimum Gasteiger partial charge on any atom is -0.490 e. The van der Waals surface area contributed by atoms with Crippen LogP contribution in [0.4, 0.5) is 4.39 Å². The Morgan fingerprint density at radius 3 is 2.57 bits per heavy atom. The first-order valence-corrected chi connectivity index (χ1v) is 10.0. The van der Waals surface area contributed by atoms with E-state index in [1.54, 1.807) is 38.1 Å². The first-order valence-electron chi connectivity index (χ1n) is 10.0. The lowest BCUT2D eigenvalue weighted by molar-refractivity contribution is -0.116. The van der Waals surface area contributed by atoms with Crippen molar-refractivity contribution < 1.29 is 19.0 Å². The fraction of sp³-hybridized carbons (Fsp3) is 0.360. The lowest BCUT2D eigenvalue weighted by Crippen LogP contribution is -2.26. The number of halogens is 1. The quantitative estimate of drug-likeness (QED) is 0.628. The van der Waals surface area contributed by atoms with Gasteiger partial charge in [0.1, 0.15) is 24.0 Å². The van der Waals surface area contributed by atoms with Gasteiger partial charge in [-0.25, -0.2) is 9.38 Å². The van der Waals surface area contributed by atoms with Gasteiger partial charge in [0.15, 0.2) is 0 Å². The Hall–Kier alpha value is -2.79. The van der Waals surface area contributed by atoms with E-state index in [4.69, 9.17) is 4.74 Å². The maximum Gasteiger partial charge on any atom is 0.134 e. The predicted octanol–water partition coefficient (Wildman–Crippen LogP) is 5.34. The van der Waals surface area contributed by atoms with Crippen LogP contribution in [0.3, 0.4) is 0 Å². The highest BCUT2D eigenvalue weighted by Gasteiger charge is 2.20. The van der Waals surface area contributed by atoms with E-state index in [0.717, 1.165) is 17.6 Å². The van der Waals surface area contributed by atoms with E-state index in [1.165, 1.54) is 13.0 Å². The van der Waals surface area contributed by atoms with Crippen molar-refractivity contribution in [2.75, 3.05) is 6.61 Å². The summed E-state index contributed by atoms with van der Waals surface area (Å²) in [6.45, 7) is 12.9. The molecule has 0 amide bonds. The molecule has 2 rings (SSSR count). The van der Waals surface area contributed by atoms with Gasteiger partial charge in [-0.2, -0.15) is 0 Å². The predicted molar refractivity (Wildman–Crippen MR) is 120 cm³/mol. The van der Waals surface area contributed by atoms with E-state index >= 15 is 0 Å². The number of ketones is 1. The molecule has 1 aliphatic rings. The molecule has 1 aliphatic carbocycles. The highest BCUT2D eigenvalue weighted by atomic mass is 19.1. The Morgan fingerprint density at radius 1 is 1.33 bits per heavy atom. The molecule has 0 heterocycles. The number of hydrogen-bond acceptors (Lipinski definition) is 4. The lowest BCUT2D eigenvalue weighted by Gasteiger charge is -2.23. The zero-order valence-electron chi connectivity index (χ0n) is 18.4. The Balaban J connectivity index is 2.37. The number of Topliss-reactive ketones (excluding diaryl/α,β-unsaturated/α-hetero) is 1. The van der Waals surface area contributed by atoms with Gasteiger partial charge < -0.3 is 9.84 Å². The van der Waals surface area contributed by atoms with Crippen LogP contribution in [0.1, 0.15) is 52.2 Å². The molecule has 4 nitrogen and oxygen atoms in total. The van der Waals surface area contributed by atoms with Crippen molar-refractivity contribution in [3.8, 4) is 0 Å². The summed E-state index contributed by atoms with van der Waals surface area (Å²) in [6.07, 6.45) is 6.34. The number of aliphatic imine (C=N–C) groups is 1. The monoisotopic (exact) mass is 411 g/mol. The number of rotatable bonds is 8. The molecule has 1 aromatic carbocycles. The smallest absolute Gasteiger partial charge is 0.134 e. The fourth-order valence-electron chi connectivity index (χ4n) is 2.98. The molecular formula is C25H30FNO3. The van der Waals surface area contributed by atoms with Crippen LogP contribution in [0.2, 0.25) is 0 Å². The number of benzene rings is 1. The largest absolute Gasteiger partial charge is 0.490 e. The number of hydrogen-bond donors (Lipinski definition) is 1. The standard InChI is InChI=1S/C25H30FNO3/c1-7-18-11-16(3)23(14-24(18)30-15-25(5,6)29)27-22(8-2)20-10-9-19(12-17(4)28)21(26)13-20/h8-11,13-14,29H,3,7,12,15H2,1-2,4-6H3/b22-8-,27-23?. The molecule has 1 aromatic rings. The number of allylic oxidation sites excluding steroid dienone is 5. The second kappa shape index (κ2) is 9.81. The van der Waals surface area contributed by atoms with Crippen LogP contribution < -0.4 is 0 Å². The number of carbonyl (C=O) groups excluding carboxylic acids is 1. The molecule has 1 N–H and O–H groups in total. The highest BCUT2D eigenvalue weighted by molar-refractivity contribution is 6.13. The topological polar surface area (TPSA) is 58.9 Å². The molecule has 0 bridgehead atoms. The van der Waals surface area contributed by atoms with Crippen LogP contribution in [-0.2, 0) is 16.0 Å². The molecule has 0 unspecified atom stereocenters. The summed E-state index contributed by atoms with van der Waals surface area (Å²) in [5.74, 6) is 0.126. The Kier molecular flexibility index (Phi) is 7.68. The van der Waals surface area contributed by atoms with Crippen molar-refractivity contribution >= 4 is 17.2 Å². The molecule has 0 atom stereocenters. The second-order valence-corrected chi connectivity index (χ2v) is 8.01. The van der Waals surface area contributed by atoms with Crippen LogP contribution in [0, 0.1) is 5.82 Å². The van der Waals surface area contributed by atoms with Crippen LogP contribution in [0.5, 0.6) is 0 Å². The molecule has 0 fully saturated rings. The minimum atomic E-state index is -0.959. The van der Waals surface area contributed by atoms with Crippen molar-refractivity contribution in [3.63, 3.8) is 0 Å². The van der Waals surface area contributed by atoms with Gasteiger partial charge in [0.05, 0.1) is 17.0 Å². The zero-order chi connectivity index (χ0) is 22.5. The van der Waals surface area contributed by atoms with Gasteiger partial charge in [0, 0.05) is 18.1 Å². The first kappa shape index (κ1) is 23.5. The van der Waals surface area contributed by atoms with Gasteiger partial charge in [-0.1, -0.05) is 31.7 Å². The van der Waals surface area contributed by atoms with Gasteiger partial charge in [-0.05, 0) is 63.0 Å². The summed E-state index contributed by atoms with van der Waals surface area (Å²) in [4.78, 5) is 16.0. The SMILES string of the molecule is C=C1C=C(CC)C(OCC(C)(C)O)=CC1=N/C(=C\C)c1ccc(CC(C)=O)c(F)c1. The average Bonchev–Trinajstić information content (AvgIpc) is 2.66. The summed E-state index contributed by atoms with van der Waals surface area (Å²) in [5, 5.41) is 9.98. The second-order valence-electron chi connectivity index (χ2n) is 8.01. The van der Waals surface area contributed by atoms with Gasteiger partial charge in [-0.3, -0.25) is 4.79 Å². The van der Waals surface area contributed by atoms with Crippen LogP contribution in [0.15, 0.2) is 64.9 Å². The summed E-state index contributed by atoms with van der Waals surface area (Å²) in [5.41, 5.74) is 2.93. The third-order valence-corrected chi connectivity index (χ3v) is 4.53. The molecule has 0 saturated carbocycles. The van der Waals surface area contributed by atoms with Crippen molar-refractivity contribution in [3.05, 3.63) is 76.9 Å². The molecular weight excluding hydrogens is 381 g/mol. The van der Waals surface area contributed by atoms with E-state index in [1.807, 2.05) is 19.9 Å². The number of nitrogens with zero attached hydrogens (tertiary/aromatic N) is 1. The number of carbonyl (C=O) groups is 1. The van der Waals surface area contributed by atoms with Crippen LogP contribution >= 0.6 is 0 Å². The number of ether oxygens (including phenoxy) is 1. The normalized spacial score (nSPS) is 16.4. The summed E-state index contributed by atoms with van der Waals surface area (Å²) in [7, 11) is 0. The highest BCUT2D eigenvalue weighted by Crippen LogP contribution is 2.27. The molecule has 0 radical (unpaired) electrons. The lowest BCUT2D eigenvalue weighted by atomic mass is 9.97. The maximum atomic E-state index is 14.4. The Labute approximate surface area is 178 Å². The molecule has 0 aromatic heterocycles. The third-order valence-electron chi connectivity index (χ3n) is 4.53. The van der Waals surface area contributed by atoms with Crippen LogP contribution in [0.25, 0.3) is 5.70 Å². The summed E-state index contributed by atoms with van der Waals surface area (Å²) in [6, 6.07) is 4.77. The third kappa shape index (κ3) is 6.36. The molecule has 30 heavy (non-hydrogen) atoms. The first-order chi connectivity index (χ1) is 14.0. The van der Waals surface area contributed by atoms with E-state index in [-0.39, 0.29) is 18.8 Å². The van der Waals surface area contributed by atoms with E-state index in [9.17, 15) is 14.3 Å². The number of aliphatic hydroxyl groups is 1. The molecule has 0 saturated heterocycles. The van der Waals surface area contributed by atoms with Crippen molar-refractivity contribution in [2.24, 2.45) is 4.99 Å². The summed E-state index contributed by atoms with van der Waals surface area (Å²) < 4.78 is 20.3. The Morgan fingerprint density at radius 2 is 2.03 bits per heavy atom. The molecule has 0 spiro atoms. The fourth-order valence-corrected chi connectivity index (χ4v) is 2.98. The maximum absolute atomic E-state index is 14.4. The molecule has 5 heteroatoms. The van der Waals surface area contributed by atoms with E-state index in [0.29, 0.717) is 28.3 Å². The minimum absolute atomic E-state index is 0.0673. The van der Waals surface area contributed by atoms with Crippen LogP contribution in [-0.4, -0.2) is 28.8 Å².